The second-order valence-electron chi connectivity index (χ2n) is 5.48. The van der Waals surface area contributed by atoms with Crippen molar-refractivity contribution in [3.63, 3.8) is 0 Å². The zero-order valence-electron chi connectivity index (χ0n) is 11.2. The molecule has 0 aromatic carbocycles. The van der Waals surface area contributed by atoms with Gasteiger partial charge in [0.15, 0.2) is 0 Å². The summed E-state index contributed by atoms with van der Waals surface area (Å²) in [6, 6.07) is 3.19. The van der Waals surface area contributed by atoms with Gasteiger partial charge in [-0.05, 0) is 33.8 Å². The van der Waals surface area contributed by atoms with Gasteiger partial charge in [-0.2, -0.15) is 0 Å². The lowest BCUT2D eigenvalue weighted by Crippen LogP contribution is -2.41. The van der Waals surface area contributed by atoms with E-state index in [4.69, 9.17) is 9.31 Å². The molecule has 0 radical (unpaired) electrons. The number of hydrogen-bond acceptors (Lipinski definition) is 3. The normalized spacial score (nSPS) is 21.0. The number of nitrogens with one attached hydrogen (secondary N) is 1. The number of aromatic amines is 1. The highest BCUT2D eigenvalue weighted by Crippen LogP contribution is 2.36. The Morgan fingerprint density at radius 1 is 1.22 bits per heavy atom. The van der Waals surface area contributed by atoms with Crippen molar-refractivity contribution in [3.05, 3.63) is 34.8 Å². The molecule has 5 heteroatoms. The van der Waals surface area contributed by atoms with E-state index in [2.05, 4.69) is 11.6 Å². The summed E-state index contributed by atoms with van der Waals surface area (Å²) in [7, 11) is -0.486. The van der Waals surface area contributed by atoms with Crippen LogP contribution in [-0.4, -0.2) is 23.3 Å². The number of pyridine rings is 1. The van der Waals surface area contributed by atoms with E-state index in [1.807, 2.05) is 27.7 Å². The average Bonchev–Trinajstić information content (AvgIpc) is 2.47. The molecule has 96 valence electrons. The van der Waals surface area contributed by atoms with Gasteiger partial charge >= 0.3 is 7.12 Å². The highest BCUT2D eigenvalue weighted by atomic mass is 16.7. The first kappa shape index (κ1) is 13.1. The van der Waals surface area contributed by atoms with Gasteiger partial charge < -0.3 is 14.3 Å². The van der Waals surface area contributed by atoms with Gasteiger partial charge in [-0.1, -0.05) is 12.6 Å². The fourth-order valence-electron chi connectivity index (χ4n) is 1.85. The van der Waals surface area contributed by atoms with Crippen molar-refractivity contribution < 1.29 is 9.31 Å². The standard InChI is InChI=1S/C13H18BNO3/c1-6-10-9(7-8-11(16)15-10)14-17-12(2,3)13(4,5)18-14/h6-8H,1H2,2-5H3,(H,15,16). The van der Waals surface area contributed by atoms with Gasteiger partial charge in [-0.3, -0.25) is 4.79 Å². The van der Waals surface area contributed by atoms with Crippen LogP contribution in [0.2, 0.25) is 0 Å². The van der Waals surface area contributed by atoms with Gasteiger partial charge in [-0.15, -0.1) is 0 Å². The number of rotatable bonds is 2. The zero-order valence-corrected chi connectivity index (χ0v) is 11.2. The van der Waals surface area contributed by atoms with Crippen LogP contribution in [0.15, 0.2) is 23.5 Å². The highest BCUT2D eigenvalue weighted by molar-refractivity contribution is 6.62. The number of hydrogen-bond donors (Lipinski definition) is 1. The Morgan fingerprint density at radius 3 is 2.28 bits per heavy atom. The summed E-state index contributed by atoms with van der Waals surface area (Å²) in [5.41, 5.74) is 0.479. The van der Waals surface area contributed by atoms with Gasteiger partial charge in [0.1, 0.15) is 0 Å². The van der Waals surface area contributed by atoms with E-state index in [9.17, 15) is 4.79 Å². The Kier molecular flexibility index (Phi) is 2.99. The Balaban J connectivity index is 2.41. The van der Waals surface area contributed by atoms with E-state index in [0.29, 0.717) is 5.69 Å². The molecule has 1 aromatic heterocycles. The van der Waals surface area contributed by atoms with Crippen LogP contribution in [-0.2, 0) is 9.31 Å². The Labute approximate surface area is 107 Å². The molecular formula is C13H18BNO3. The number of aromatic nitrogens is 1. The maximum absolute atomic E-state index is 11.3. The third-order valence-corrected chi connectivity index (χ3v) is 3.69. The lowest BCUT2D eigenvalue weighted by atomic mass is 9.78. The maximum Gasteiger partial charge on any atom is 0.496 e. The minimum atomic E-state index is -0.486. The first-order valence-corrected chi connectivity index (χ1v) is 5.98. The van der Waals surface area contributed by atoms with E-state index in [0.717, 1.165) is 5.46 Å². The third-order valence-electron chi connectivity index (χ3n) is 3.69. The summed E-state index contributed by atoms with van der Waals surface area (Å²) in [4.78, 5) is 14.0. The second kappa shape index (κ2) is 4.11. The molecule has 0 saturated carbocycles. The van der Waals surface area contributed by atoms with Crippen LogP contribution >= 0.6 is 0 Å². The van der Waals surface area contributed by atoms with Crippen molar-refractivity contribution in [2.24, 2.45) is 0 Å². The van der Waals surface area contributed by atoms with Crippen molar-refractivity contribution in [2.45, 2.75) is 38.9 Å². The minimum absolute atomic E-state index is 0.162. The highest BCUT2D eigenvalue weighted by Gasteiger charge is 2.52. The van der Waals surface area contributed by atoms with Crippen LogP contribution in [0.25, 0.3) is 6.08 Å². The molecule has 1 aliphatic rings. The van der Waals surface area contributed by atoms with Crippen LogP contribution in [0.5, 0.6) is 0 Å². The smallest absolute Gasteiger partial charge is 0.399 e. The molecule has 4 nitrogen and oxygen atoms in total. The molecule has 0 bridgehead atoms. The fourth-order valence-corrected chi connectivity index (χ4v) is 1.85. The predicted molar refractivity (Wildman–Crippen MR) is 72.9 cm³/mol. The molecule has 0 amide bonds. The molecule has 0 aliphatic carbocycles. The van der Waals surface area contributed by atoms with Crippen LogP contribution in [0.1, 0.15) is 33.4 Å². The SMILES string of the molecule is C=Cc1[nH]c(=O)ccc1B1OC(C)(C)C(C)(C)O1. The zero-order chi connectivity index (χ0) is 13.6. The quantitative estimate of drug-likeness (QED) is 0.802. The van der Waals surface area contributed by atoms with Crippen LogP contribution in [0, 0.1) is 0 Å². The van der Waals surface area contributed by atoms with Crippen molar-refractivity contribution in [1.29, 1.82) is 0 Å². The molecule has 1 aliphatic heterocycles. The molecule has 18 heavy (non-hydrogen) atoms. The van der Waals surface area contributed by atoms with Crippen LogP contribution in [0.3, 0.4) is 0 Å². The van der Waals surface area contributed by atoms with Gasteiger partial charge in [0.2, 0.25) is 5.56 Å². The lowest BCUT2D eigenvalue weighted by Gasteiger charge is -2.32. The van der Waals surface area contributed by atoms with Crippen LogP contribution < -0.4 is 11.0 Å². The summed E-state index contributed by atoms with van der Waals surface area (Å²) < 4.78 is 11.9. The molecule has 1 fully saturated rings. The molecule has 2 rings (SSSR count). The van der Waals surface area contributed by atoms with Gasteiger partial charge in [0.25, 0.3) is 0 Å². The summed E-state index contributed by atoms with van der Waals surface area (Å²) in [5.74, 6) is 0. The minimum Gasteiger partial charge on any atom is -0.399 e. The van der Waals surface area contributed by atoms with E-state index in [1.54, 1.807) is 12.1 Å². The summed E-state index contributed by atoms with van der Waals surface area (Å²) in [6.45, 7) is 11.7. The second-order valence-corrected chi connectivity index (χ2v) is 5.48. The largest absolute Gasteiger partial charge is 0.496 e. The van der Waals surface area contributed by atoms with Gasteiger partial charge in [-0.25, -0.2) is 0 Å². The lowest BCUT2D eigenvalue weighted by molar-refractivity contribution is 0.00578. The third kappa shape index (κ3) is 2.04. The molecule has 2 heterocycles. The Bertz CT molecular complexity index is 517. The maximum atomic E-state index is 11.3. The van der Waals surface area contributed by atoms with Crippen LogP contribution in [0.4, 0.5) is 0 Å². The van der Waals surface area contributed by atoms with Crippen molar-refractivity contribution in [2.75, 3.05) is 0 Å². The molecule has 1 N–H and O–H groups in total. The summed E-state index contributed by atoms with van der Waals surface area (Å²) >= 11 is 0. The summed E-state index contributed by atoms with van der Waals surface area (Å²) in [5, 5.41) is 0. The van der Waals surface area contributed by atoms with Gasteiger partial charge in [0.05, 0.1) is 11.2 Å². The molecule has 0 spiro atoms. The number of H-pyrrole nitrogens is 1. The summed E-state index contributed by atoms with van der Waals surface area (Å²) in [6.07, 6.45) is 1.60. The van der Waals surface area contributed by atoms with Crippen molar-refractivity contribution >= 4 is 18.7 Å². The predicted octanol–water partition coefficient (Wildman–Crippen LogP) is 1.32. The molecule has 1 aromatic rings. The average molecular weight is 247 g/mol. The molecule has 0 unspecified atom stereocenters. The van der Waals surface area contributed by atoms with Crippen molar-refractivity contribution in [3.8, 4) is 0 Å². The monoisotopic (exact) mass is 247 g/mol. The molecule has 0 atom stereocenters. The topological polar surface area (TPSA) is 51.3 Å². The fraction of sp³-hybridized carbons (Fsp3) is 0.462. The Morgan fingerprint density at radius 2 is 1.78 bits per heavy atom. The first-order chi connectivity index (χ1) is 8.27. The Hall–Kier alpha value is -1.33. The molecule has 1 saturated heterocycles. The van der Waals surface area contributed by atoms with Gasteiger partial charge in [0, 0.05) is 17.2 Å². The van der Waals surface area contributed by atoms with E-state index in [1.165, 1.54) is 6.07 Å². The van der Waals surface area contributed by atoms with E-state index >= 15 is 0 Å². The van der Waals surface area contributed by atoms with Crippen molar-refractivity contribution in [1.82, 2.24) is 4.98 Å². The van der Waals surface area contributed by atoms with E-state index in [-0.39, 0.29) is 5.56 Å². The van der Waals surface area contributed by atoms with E-state index < -0.39 is 18.3 Å². The first-order valence-electron chi connectivity index (χ1n) is 5.98. The molecular weight excluding hydrogens is 229 g/mol.